The van der Waals surface area contributed by atoms with Crippen molar-refractivity contribution in [2.24, 2.45) is 10.8 Å². The molecular weight excluding hydrogens is 236 g/mol. The molecule has 0 radical (unpaired) electrons. The Kier molecular flexibility index (Phi) is 4.12. The van der Waals surface area contributed by atoms with Crippen LogP contribution in [0.2, 0.25) is 0 Å². The van der Waals surface area contributed by atoms with Gasteiger partial charge in [0.1, 0.15) is 0 Å². The van der Waals surface area contributed by atoms with E-state index in [4.69, 9.17) is 0 Å². The molecule has 0 saturated carbocycles. The fourth-order valence-corrected chi connectivity index (χ4v) is 3.26. The van der Waals surface area contributed by atoms with Crippen LogP contribution in [-0.4, -0.2) is 22.4 Å². The zero-order valence-electron chi connectivity index (χ0n) is 11.8. The maximum atomic E-state index is 10.4. The third-order valence-electron chi connectivity index (χ3n) is 4.82. The molecule has 0 saturated heterocycles. The molecule has 2 heteroatoms. The van der Waals surface area contributed by atoms with E-state index in [1.807, 2.05) is 36.5 Å². The molecule has 2 rings (SSSR count). The van der Waals surface area contributed by atoms with E-state index in [-0.39, 0.29) is 10.8 Å². The Bertz CT molecular complexity index is 393. The van der Waals surface area contributed by atoms with Gasteiger partial charge in [-0.05, 0) is 19.3 Å². The molecular formula is C17H24O2. The fourth-order valence-electron chi connectivity index (χ4n) is 3.26. The zero-order valence-corrected chi connectivity index (χ0v) is 11.8. The summed E-state index contributed by atoms with van der Waals surface area (Å²) in [4.78, 5) is 0. The first-order valence-corrected chi connectivity index (χ1v) is 7.17. The average molecular weight is 260 g/mol. The fraction of sp³-hybridized carbons (Fsp3) is 0.529. The van der Waals surface area contributed by atoms with Crippen LogP contribution in [0, 0.1) is 10.8 Å². The van der Waals surface area contributed by atoms with Crippen LogP contribution >= 0.6 is 0 Å². The Morgan fingerprint density at radius 1 is 0.789 bits per heavy atom. The average Bonchev–Trinajstić information content (AvgIpc) is 2.44. The summed E-state index contributed by atoms with van der Waals surface area (Å²) < 4.78 is 0. The molecule has 2 aliphatic carbocycles. The Labute approximate surface area is 115 Å². The molecule has 19 heavy (non-hydrogen) atoms. The van der Waals surface area contributed by atoms with Crippen molar-refractivity contribution in [2.75, 3.05) is 0 Å². The molecule has 104 valence electrons. The molecule has 0 amide bonds. The van der Waals surface area contributed by atoms with Gasteiger partial charge in [0.15, 0.2) is 0 Å². The highest BCUT2D eigenvalue weighted by Gasteiger charge is 2.44. The van der Waals surface area contributed by atoms with E-state index in [0.717, 1.165) is 19.3 Å². The van der Waals surface area contributed by atoms with Crippen molar-refractivity contribution in [1.29, 1.82) is 0 Å². The maximum Gasteiger partial charge on any atom is 0.0814 e. The van der Waals surface area contributed by atoms with Crippen LogP contribution in [0.3, 0.4) is 0 Å². The maximum absolute atomic E-state index is 10.4. The second-order valence-electron chi connectivity index (χ2n) is 5.73. The second kappa shape index (κ2) is 5.48. The quantitative estimate of drug-likeness (QED) is 0.815. The van der Waals surface area contributed by atoms with Crippen LogP contribution in [0.15, 0.2) is 48.6 Å². The van der Waals surface area contributed by atoms with Gasteiger partial charge in [0.2, 0.25) is 0 Å². The van der Waals surface area contributed by atoms with Gasteiger partial charge in [-0.2, -0.15) is 0 Å². The highest BCUT2D eigenvalue weighted by atomic mass is 16.3. The van der Waals surface area contributed by atoms with Crippen molar-refractivity contribution < 1.29 is 10.2 Å². The zero-order chi connectivity index (χ0) is 13.9. The number of hydrogen-bond acceptors (Lipinski definition) is 2. The van der Waals surface area contributed by atoms with Gasteiger partial charge in [0.25, 0.3) is 0 Å². The van der Waals surface area contributed by atoms with Gasteiger partial charge in [-0.15, -0.1) is 0 Å². The van der Waals surface area contributed by atoms with E-state index < -0.39 is 12.2 Å². The standard InChI is InChI=1S/C17H24O2/c1-3-16(11-7-5-9-14(16)18)13-17(4-2)12-8-6-10-15(17)19/h5-12,14-15,18-19H,3-4,13H2,1-2H3. The molecule has 0 bridgehead atoms. The van der Waals surface area contributed by atoms with Gasteiger partial charge in [-0.25, -0.2) is 0 Å². The van der Waals surface area contributed by atoms with Gasteiger partial charge in [0.05, 0.1) is 12.2 Å². The first-order valence-electron chi connectivity index (χ1n) is 7.17. The lowest BCUT2D eigenvalue weighted by Gasteiger charge is -2.45. The number of allylic oxidation sites excluding steroid dienone is 4. The Morgan fingerprint density at radius 3 is 1.53 bits per heavy atom. The predicted molar refractivity (Wildman–Crippen MR) is 78.6 cm³/mol. The smallest absolute Gasteiger partial charge is 0.0814 e. The topological polar surface area (TPSA) is 40.5 Å². The lowest BCUT2D eigenvalue weighted by atomic mass is 9.62. The minimum Gasteiger partial charge on any atom is -0.388 e. The van der Waals surface area contributed by atoms with Crippen molar-refractivity contribution >= 4 is 0 Å². The van der Waals surface area contributed by atoms with E-state index in [1.165, 1.54) is 0 Å². The highest BCUT2D eigenvalue weighted by molar-refractivity contribution is 5.26. The molecule has 0 aromatic heterocycles. The molecule has 2 N–H and O–H groups in total. The Morgan fingerprint density at radius 2 is 1.21 bits per heavy atom. The van der Waals surface area contributed by atoms with Crippen LogP contribution in [0.25, 0.3) is 0 Å². The lowest BCUT2D eigenvalue weighted by Crippen LogP contribution is -2.43. The molecule has 2 aliphatic rings. The monoisotopic (exact) mass is 260 g/mol. The second-order valence-corrected chi connectivity index (χ2v) is 5.73. The van der Waals surface area contributed by atoms with Crippen molar-refractivity contribution in [3.63, 3.8) is 0 Å². The Hall–Kier alpha value is -1.12. The molecule has 0 aromatic rings. The van der Waals surface area contributed by atoms with E-state index in [9.17, 15) is 10.2 Å². The summed E-state index contributed by atoms with van der Waals surface area (Å²) in [7, 11) is 0. The number of aliphatic hydroxyl groups excluding tert-OH is 2. The first kappa shape index (κ1) is 14.3. The first-order chi connectivity index (χ1) is 9.08. The van der Waals surface area contributed by atoms with Crippen molar-refractivity contribution in [1.82, 2.24) is 0 Å². The van der Waals surface area contributed by atoms with E-state index in [1.54, 1.807) is 0 Å². The molecule has 0 spiro atoms. The normalized spacial score (nSPS) is 40.8. The summed E-state index contributed by atoms with van der Waals surface area (Å²) in [6, 6.07) is 0. The third kappa shape index (κ3) is 2.47. The SMILES string of the molecule is CCC1(CC2(CC)C=CC=CC2O)C=CC=CC1O. The number of rotatable bonds is 4. The van der Waals surface area contributed by atoms with Crippen molar-refractivity contribution in [3.8, 4) is 0 Å². The molecule has 0 heterocycles. The van der Waals surface area contributed by atoms with Gasteiger partial charge >= 0.3 is 0 Å². The van der Waals surface area contributed by atoms with Gasteiger partial charge < -0.3 is 10.2 Å². The minimum atomic E-state index is -0.475. The van der Waals surface area contributed by atoms with E-state index in [2.05, 4.69) is 26.0 Å². The van der Waals surface area contributed by atoms with Crippen molar-refractivity contribution in [2.45, 2.75) is 45.3 Å². The van der Waals surface area contributed by atoms with Crippen LogP contribution in [0.1, 0.15) is 33.1 Å². The predicted octanol–water partition coefficient (Wildman–Crippen LogP) is 3.14. The van der Waals surface area contributed by atoms with Crippen LogP contribution < -0.4 is 0 Å². The summed E-state index contributed by atoms with van der Waals surface area (Å²) in [5, 5.41) is 20.8. The van der Waals surface area contributed by atoms with Crippen LogP contribution in [0.4, 0.5) is 0 Å². The molecule has 0 fully saturated rings. The molecule has 4 atom stereocenters. The van der Waals surface area contributed by atoms with E-state index >= 15 is 0 Å². The summed E-state index contributed by atoms with van der Waals surface area (Å²) in [6.45, 7) is 4.20. The van der Waals surface area contributed by atoms with Crippen molar-refractivity contribution in [3.05, 3.63) is 48.6 Å². The molecule has 0 aliphatic heterocycles. The Balaban J connectivity index is 2.31. The largest absolute Gasteiger partial charge is 0.388 e. The van der Waals surface area contributed by atoms with E-state index in [0.29, 0.717) is 0 Å². The minimum absolute atomic E-state index is 0.277. The summed E-state index contributed by atoms with van der Waals surface area (Å²) in [5.74, 6) is 0. The summed E-state index contributed by atoms with van der Waals surface area (Å²) in [5.41, 5.74) is -0.553. The van der Waals surface area contributed by atoms with Gasteiger partial charge in [0, 0.05) is 10.8 Å². The lowest BCUT2D eigenvalue weighted by molar-refractivity contribution is 0.0110. The third-order valence-corrected chi connectivity index (χ3v) is 4.82. The van der Waals surface area contributed by atoms with Crippen LogP contribution in [0.5, 0.6) is 0 Å². The molecule has 0 aromatic carbocycles. The van der Waals surface area contributed by atoms with Gasteiger partial charge in [-0.1, -0.05) is 62.5 Å². The molecule has 4 unspecified atom stereocenters. The summed E-state index contributed by atoms with van der Waals surface area (Å²) in [6.07, 6.45) is 17.2. The van der Waals surface area contributed by atoms with Crippen LogP contribution in [-0.2, 0) is 0 Å². The summed E-state index contributed by atoms with van der Waals surface area (Å²) >= 11 is 0. The number of hydrogen-bond donors (Lipinski definition) is 2. The number of aliphatic hydroxyl groups is 2. The molecule has 2 nitrogen and oxygen atoms in total. The highest BCUT2D eigenvalue weighted by Crippen LogP contribution is 2.48. The van der Waals surface area contributed by atoms with Gasteiger partial charge in [-0.3, -0.25) is 0 Å².